The number of halogens is 1. The van der Waals surface area contributed by atoms with E-state index in [0.29, 0.717) is 10.5 Å². The highest BCUT2D eigenvalue weighted by molar-refractivity contribution is 9.18. The van der Waals surface area contributed by atoms with Crippen LogP contribution in [0, 0.1) is 0 Å². The molecule has 0 bridgehead atoms. The van der Waals surface area contributed by atoms with E-state index < -0.39 is 5.66 Å². The summed E-state index contributed by atoms with van der Waals surface area (Å²) in [6.45, 7) is 0. The van der Waals surface area contributed by atoms with Crippen molar-refractivity contribution in [3.63, 3.8) is 0 Å². The first-order valence-electron chi connectivity index (χ1n) is 9.31. The van der Waals surface area contributed by atoms with Gasteiger partial charge in [0.05, 0.1) is 11.6 Å². The summed E-state index contributed by atoms with van der Waals surface area (Å²) in [6, 6.07) is 29.2. The zero-order chi connectivity index (χ0) is 19.8. The lowest BCUT2D eigenvalue weighted by molar-refractivity contribution is -0.123. The normalized spacial score (nSPS) is 23.1. The van der Waals surface area contributed by atoms with Crippen molar-refractivity contribution in [2.75, 3.05) is 5.01 Å². The average Bonchev–Trinajstić information content (AvgIpc) is 3.27. The Hall–Kier alpha value is -3.25. The van der Waals surface area contributed by atoms with Crippen molar-refractivity contribution in [1.82, 2.24) is 5.32 Å². The van der Waals surface area contributed by atoms with Gasteiger partial charge in [-0.3, -0.25) is 4.79 Å². The first-order valence-corrected chi connectivity index (χ1v) is 10.1. The monoisotopic (exact) mass is 444 g/mol. The maximum absolute atomic E-state index is 13.5. The lowest BCUT2D eigenvalue weighted by Gasteiger charge is -2.33. The van der Waals surface area contributed by atoms with Crippen LogP contribution in [0.2, 0.25) is 0 Å². The average molecular weight is 445 g/mol. The molecule has 0 fully saturated rings. The molecule has 0 radical (unpaired) electrons. The number of anilines is 1. The molecular formula is C23H17BrN4O. The number of para-hydroxylation sites is 1. The summed E-state index contributed by atoms with van der Waals surface area (Å²) in [5.41, 5.74) is 1.39. The molecule has 3 aromatic rings. The highest BCUT2D eigenvalue weighted by Gasteiger charge is 2.60. The smallest absolute Gasteiger partial charge is 0.277 e. The molecule has 2 heterocycles. The van der Waals surface area contributed by atoms with Gasteiger partial charge in [-0.1, -0.05) is 78.9 Å². The third-order valence-electron chi connectivity index (χ3n) is 5.19. The van der Waals surface area contributed by atoms with Crippen LogP contribution in [-0.4, -0.2) is 22.0 Å². The van der Waals surface area contributed by atoms with Crippen LogP contribution < -0.4 is 10.3 Å². The summed E-state index contributed by atoms with van der Waals surface area (Å²) in [5.74, 6) is -0.0211. The second kappa shape index (κ2) is 6.97. The molecular weight excluding hydrogens is 428 g/mol. The van der Waals surface area contributed by atoms with Crippen LogP contribution in [0.1, 0.15) is 17.0 Å². The molecule has 0 saturated carbocycles. The third kappa shape index (κ3) is 2.79. The number of nitrogens with zero attached hydrogens (tertiary/aromatic N) is 3. The Bertz CT molecular complexity index is 1120. The Morgan fingerprint density at radius 1 is 0.862 bits per heavy atom. The summed E-state index contributed by atoms with van der Waals surface area (Å²) in [4.78, 5) is 18.5. The van der Waals surface area contributed by atoms with Crippen molar-refractivity contribution in [1.29, 1.82) is 0 Å². The number of benzene rings is 3. The van der Waals surface area contributed by atoms with E-state index in [1.165, 1.54) is 0 Å². The standard InChI is InChI=1S/C23H17BrN4O/c24-20-19(16-10-4-1-5-11-16)23(28(27-20)18-14-8-3-9-15-18)22(29)25-21(26-23)17-12-6-2-7-13-17/h1-15,19H,(H,25,26,29)/t19-,23-/m0/s1. The molecule has 1 amide bonds. The summed E-state index contributed by atoms with van der Waals surface area (Å²) in [7, 11) is 0. The second-order valence-electron chi connectivity index (χ2n) is 6.92. The van der Waals surface area contributed by atoms with E-state index in [4.69, 9.17) is 10.1 Å². The molecule has 0 aliphatic carbocycles. The topological polar surface area (TPSA) is 57.1 Å². The highest BCUT2D eigenvalue weighted by Crippen LogP contribution is 2.47. The summed E-state index contributed by atoms with van der Waals surface area (Å²) < 4.78 is 0.667. The highest BCUT2D eigenvalue weighted by atomic mass is 79.9. The van der Waals surface area contributed by atoms with Gasteiger partial charge in [-0.25, -0.2) is 10.0 Å². The van der Waals surface area contributed by atoms with E-state index in [1.807, 2.05) is 91.0 Å². The number of amidine groups is 1. The molecule has 0 unspecified atom stereocenters. The third-order valence-corrected chi connectivity index (χ3v) is 5.80. The van der Waals surface area contributed by atoms with Crippen LogP contribution in [0.4, 0.5) is 5.69 Å². The quantitative estimate of drug-likeness (QED) is 0.655. The van der Waals surface area contributed by atoms with Gasteiger partial charge in [0, 0.05) is 5.56 Å². The number of amides is 1. The number of nitrogens with one attached hydrogen (secondary N) is 1. The largest absolute Gasteiger partial charge is 0.307 e. The number of carbonyl (C=O) groups is 1. The molecule has 142 valence electrons. The lowest BCUT2D eigenvalue weighted by Crippen LogP contribution is -2.53. The van der Waals surface area contributed by atoms with E-state index in [0.717, 1.165) is 16.8 Å². The minimum Gasteiger partial charge on any atom is -0.307 e. The second-order valence-corrected chi connectivity index (χ2v) is 7.73. The molecule has 2 aliphatic heterocycles. The fraction of sp³-hybridized carbons (Fsp3) is 0.0870. The van der Waals surface area contributed by atoms with Crippen LogP contribution in [-0.2, 0) is 4.79 Å². The summed E-state index contributed by atoms with van der Waals surface area (Å²) in [5, 5.41) is 9.45. The minimum atomic E-state index is -1.24. The maximum atomic E-state index is 13.5. The van der Waals surface area contributed by atoms with Gasteiger partial charge in [0.2, 0.25) is 5.66 Å². The molecule has 29 heavy (non-hydrogen) atoms. The van der Waals surface area contributed by atoms with E-state index in [9.17, 15) is 4.79 Å². The number of rotatable bonds is 3. The lowest BCUT2D eigenvalue weighted by atomic mass is 9.87. The molecule has 0 saturated heterocycles. The van der Waals surface area contributed by atoms with Crippen molar-refractivity contribution in [2.24, 2.45) is 10.1 Å². The summed E-state index contributed by atoms with van der Waals surface area (Å²) in [6.07, 6.45) is 0. The fourth-order valence-corrected chi connectivity index (χ4v) is 4.62. The first kappa shape index (κ1) is 17.8. The zero-order valence-electron chi connectivity index (χ0n) is 15.4. The molecule has 0 aromatic heterocycles. The minimum absolute atomic E-state index is 0.202. The number of carbonyl (C=O) groups excluding carboxylic acids is 1. The Morgan fingerprint density at radius 3 is 2.10 bits per heavy atom. The SMILES string of the molecule is O=C1NC(c2ccccc2)=N[C@]12[C@@H](c1ccccc1)C(Br)=NN2c1ccccc1. The van der Waals surface area contributed by atoms with Crippen LogP contribution in [0.5, 0.6) is 0 Å². The first-order chi connectivity index (χ1) is 14.2. The Labute approximate surface area is 176 Å². The van der Waals surface area contributed by atoms with Gasteiger partial charge in [-0.05, 0) is 33.6 Å². The van der Waals surface area contributed by atoms with Crippen molar-refractivity contribution in [3.05, 3.63) is 102 Å². The van der Waals surface area contributed by atoms with Gasteiger partial charge in [0.1, 0.15) is 10.5 Å². The maximum Gasteiger partial charge on any atom is 0.277 e. The number of hydrogen-bond acceptors (Lipinski definition) is 4. The van der Waals surface area contributed by atoms with Crippen LogP contribution in [0.15, 0.2) is 101 Å². The fourth-order valence-electron chi connectivity index (χ4n) is 3.88. The van der Waals surface area contributed by atoms with Gasteiger partial charge < -0.3 is 5.32 Å². The Balaban J connectivity index is 1.72. The van der Waals surface area contributed by atoms with E-state index in [-0.39, 0.29) is 11.8 Å². The molecule has 5 rings (SSSR count). The predicted octanol–water partition coefficient (Wildman–Crippen LogP) is 4.27. The molecule has 1 spiro atoms. The molecule has 2 atom stereocenters. The van der Waals surface area contributed by atoms with Gasteiger partial charge >= 0.3 is 0 Å². The van der Waals surface area contributed by atoms with Crippen LogP contribution in [0.25, 0.3) is 0 Å². The van der Waals surface area contributed by atoms with Gasteiger partial charge in [0.15, 0.2) is 0 Å². The van der Waals surface area contributed by atoms with E-state index in [1.54, 1.807) is 5.01 Å². The summed E-state index contributed by atoms with van der Waals surface area (Å²) >= 11 is 3.63. The molecule has 3 aromatic carbocycles. The van der Waals surface area contributed by atoms with Gasteiger partial charge in [-0.15, -0.1) is 0 Å². The van der Waals surface area contributed by atoms with Crippen molar-refractivity contribution in [2.45, 2.75) is 11.6 Å². The van der Waals surface area contributed by atoms with Crippen molar-refractivity contribution in [3.8, 4) is 0 Å². The predicted molar refractivity (Wildman–Crippen MR) is 118 cm³/mol. The zero-order valence-corrected chi connectivity index (χ0v) is 17.0. The molecule has 5 nitrogen and oxygen atoms in total. The van der Waals surface area contributed by atoms with Gasteiger partial charge in [0.25, 0.3) is 5.91 Å². The number of aliphatic imine (C=N–C) groups is 1. The van der Waals surface area contributed by atoms with Gasteiger partial charge in [-0.2, -0.15) is 5.10 Å². The van der Waals surface area contributed by atoms with E-state index >= 15 is 0 Å². The van der Waals surface area contributed by atoms with Crippen molar-refractivity contribution >= 4 is 38.0 Å². The van der Waals surface area contributed by atoms with Crippen LogP contribution >= 0.6 is 15.9 Å². The number of hydrogen-bond donors (Lipinski definition) is 1. The Morgan fingerprint density at radius 2 is 1.45 bits per heavy atom. The molecule has 1 N–H and O–H groups in total. The number of hydrazone groups is 1. The molecule has 2 aliphatic rings. The van der Waals surface area contributed by atoms with Crippen molar-refractivity contribution < 1.29 is 4.79 Å². The van der Waals surface area contributed by atoms with E-state index in [2.05, 4.69) is 21.2 Å². The van der Waals surface area contributed by atoms with Crippen LogP contribution in [0.3, 0.4) is 0 Å². The molecule has 6 heteroatoms. The Kier molecular flexibility index (Phi) is 4.28.